The normalized spacial score (nSPS) is 10.3. The standard InChI is InChI=1S/C17H20N2O4S2/c1-2-22-16(21)10-13-11-25-17(18-13)19-15(20)12-24-9-8-23-14-6-4-3-5-7-14/h3-7,11H,2,8-10,12H2,1H3,(H,18,19,20). The SMILES string of the molecule is CCOC(=O)Cc1csc(NC(=O)CSCCOc2ccccc2)n1. The van der Waals surface area contributed by atoms with E-state index < -0.39 is 0 Å². The monoisotopic (exact) mass is 380 g/mol. The molecule has 0 bridgehead atoms. The van der Waals surface area contributed by atoms with E-state index in [0.717, 1.165) is 5.75 Å². The van der Waals surface area contributed by atoms with Crippen LogP contribution in [-0.4, -0.2) is 41.6 Å². The van der Waals surface area contributed by atoms with Crippen molar-refractivity contribution in [3.8, 4) is 5.75 Å². The third kappa shape index (κ3) is 7.57. The number of carbonyl (C=O) groups is 2. The van der Waals surface area contributed by atoms with Crippen molar-refractivity contribution in [1.29, 1.82) is 0 Å². The van der Waals surface area contributed by atoms with Crippen LogP contribution in [-0.2, 0) is 20.7 Å². The summed E-state index contributed by atoms with van der Waals surface area (Å²) in [6.45, 7) is 2.65. The molecule has 0 saturated carbocycles. The first-order chi connectivity index (χ1) is 12.2. The molecule has 6 nitrogen and oxygen atoms in total. The van der Waals surface area contributed by atoms with Gasteiger partial charge in [0.2, 0.25) is 5.91 Å². The molecule has 1 N–H and O–H groups in total. The number of aromatic nitrogens is 1. The summed E-state index contributed by atoms with van der Waals surface area (Å²) in [5.74, 6) is 1.42. The number of carbonyl (C=O) groups excluding carboxylic acids is 2. The van der Waals surface area contributed by atoms with E-state index in [1.54, 1.807) is 12.3 Å². The van der Waals surface area contributed by atoms with Crippen molar-refractivity contribution in [2.45, 2.75) is 13.3 Å². The molecule has 0 fully saturated rings. The second-order valence-electron chi connectivity index (χ2n) is 4.89. The van der Waals surface area contributed by atoms with Crippen LogP contribution in [0.5, 0.6) is 5.75 Å². The Morgan fingerprint density at radius 3 is 2.84 bits per heavy atom. The van der Waals surface area contributed by atoms with Gasteiger partial charge in [0.05, 0.1) is 31.1 Å². The number of rotatable bonds is 10. The average Bonchev–Trinajstić information content (AvgIpc) is 3.02. The molecule has 0 aliphatic carbocycles. The van der Waals surface area contributed by atoms with Gasteiger partial charge < -0.3 is 14.8 Å². The van der Waals surface area contributed by atoms with Crippen LogP contribution in [0, 0.1) is 0 Å². The van der Waals surface area contributed by atoms with Crippen molar-refractivity contribution in [2.75, 3.05) is 30.0 Å². The van der Waals surface area contributed by atoms with Gasteiger partial charge in [-0.25, -0.2) is 4.98 Å². The van der Waals surface area contributed by atoms with Gasteiger partial charge in [0.15, 0.2) is 5.13 Å². The zero-order valence-electron chi connectivity index (χ0n) is 13.9. The topological polar surface area (TPSA) is 77.5 Å². The summed E-state index contributed by atoms with van der Waals surface area (Å²) in [4.78, 5) is 27.5. The van der Waals surface area contributed by atoms with Crippen LogP contribution in [0.3, 0.4) is 0 Å². The van der Waals surface area contributed by atoms with E-state index in [4.69, 9.17) is 9.47 Å². The number of nitrogens with zero attached hydrogens (tertiary/aromatic N) is 1. The number of hydrogen-bond acceptors (Lipinski definition) is 7. The van der Waals surface area contributed by atoms with Gasteiger partial charge in [0.1, 0.15) is 5.75 Å². The predicted octanol–water partition coefficient (Wildman–Crippen LogP) is 3.00. The Balaban J connectivity index is 1.62. The summed E-state index contributed by atoms with van der Waals surface area (Å²) >= 11 is 2.78. The van der Waals surface area contributed by atoms with Crippen molar-refractivity contribution in [3.05, 3.63) is 41.4 Å². The van der Waals surface area contributed by atoms with Gasteiger partial charge in [-0.1, -0.05) is 18.2 Å². The molecule has 1 aromatic heterocycles. The van der Waals surface area contributed by atoms with Gasteiger partial charge in [-0.15, -0.1) is 23.1 Å². The molecule has 134 valence electrons. The van der Waals surface area contributed by atoms with E-state index >= 15 is 0 Å². The van der Waals surface area contributed by atoms with Crippen LogP contribution in [0.15, 0.2) is 35.7 Å². The average molecular weight is 380 g/mol. The van der Waals surface area contributed by atoms with Gasteiger partial charge in [-0.3, -0.25) is 9.59 Å². The molecule has 0 saturated heterocycles. The number of amides is 1. The lowest BCUT2D eigenvalue weighted by Gasteiger charge is -2.05. The minimum Gasteiger partial charge on any atom is -0.493 e. The summed E-state index contributed by atoms with van der Waals surface area (Å²) in [6, 6.07) is 9.56. The van der Waals surface area contributed by atoms with Crippen LogP contribution in [0.4, 0.5) is 5.13 Å². The maximum absolute atomic E-state index is 11.9. The largest absolute Gasteiger partial charge is 0.493 e. The summed E-state index contributed by atoms with van der Waals surface area (Å²) in [6.07, 6.45) is 0.117. The summed E-state index contributed by atoms with van der Waals surface area (Å²) in [5.41, 5.74) is 0.600. The maximum Gasteiger partial charge on any atom is 0.311 e. The highest BCUT2D eigenvalue weighted by molar-refractivity contribution is 7.99. The highest BCUT2D eigenvalue weighted by atomic mass is 32.2. The summed E-state index contributed by atoms with van der Waals surface area (Å²) < 4.78 is 10.4. The lowest BCUT2D eigenvalue weighted by molar-refractivity contribution is -0.142. The minimum absolute atomic E-state index is 0.117. The number of hydrogen-bond donors (Lipinski definition) is 1. The van der Waals surface area contributed by atoms with E-state index in [-0.39, 0.29) is 18.3 Å². The van der Waals surface area contributed by atoms with Crippen molar-refractivity contribution in [2.24, 2.45) is 0 Å². The minimum atomic E-state index is -0.320. The summed E-state index contributed by atoms with van der Waals surface area (Å²) in [7, 11) is 0. The van der Waals surface area contributed by atoms with Gasteiger partial charge >= 0.3 is 5.97 Å². The molecular formula is C17H20N2O4S2. The van der Waals surface area contributed by atoms with Gasteiger partial charge in [0.25, 0.3) is 0 Å². The Morgan fingerprint density at radius 1 is 1.28 bits per heavy atom. The fourth-order valence-electron chi connectivity index (χ4n) is 1.86. The number of esters is 1. The molecule has 1 amide bonds. The molecular weight excluding hydrogens is 360 g/mol. The number of para-hydroxylation sites is 1. The molecule has 2 aromatic rings. The molecule has 2 rings (SSSR count). The fraction of sp³-hybridized carbons (Fsp3) is 0.353. The molecule has 0 unspecified atom stereocenters. The Kier molecular flexibility index (Phi) is 8.27. The first kappa shape index (κ1) is 19.3. The van der Waals surface area contributed by atoms with Gasteiger partial charge in [0, 0.05) is 11.1 Å². The third-order valence-corrected chi connectivity index (χ3v) is 4.63. The molecule has 0 aliphatic rings. The molecule has 0 radical (unpaired) electrons. The first-order valence-corrected chi connectivity index (χ1v) is 9.86. The number of ether oxygens (including phenoxy) is 2. The van der Waals surface area contributed by atoms with Crippen molar-refractivity contribution < 1.29 is 19.1 Å². The van der Waals surface area contributed by atoms with Crippen LogP contribution in [0.25, 0.3) is 0 Å². The smallest absolute Gasteiger partial charge is 0.311 e. The molecule has 1 aromatic carbocycles. The number of thiazole rings is 1. The Morgan fingerprint density at radius 2 is 2.08 bits per heavy atom. The Bertz CT molecular complexity index is 676. The summed E-state index contributed by atoms with van der Waals surface area (Å²) in [5, 5.41) is 4.97. The lowest BCUT2D eigenvalue weighted by atomic mass is 10.3. The van der Waals surface area contributed by atoms with E-state index in [0.29, 0.717) is 35.5 Å². The quantitative estimate of drug-likeness (QED) is 0.504. The van der Waals surface area contributed by atoms with E-state index in [1.165, 1.54) is 23.1 Å². The number of benzene rings is 1. The zero-order chi connectivity index (χ0) is 17.9. The second-order valence-corrected chi connectivity index (χ2v) is 6.85. The highest BCUT2D eigenvalue weighted by Crippen LogP contribution is 2.16. The predicted molar refractivity (Wildman–Crippen MR) is 100 cm³/mol. The van der Waals surface area contributed by atoms with Crippen LogP contribution >= 0.6 is 23.1 Å². The second kappa shape index (κ2) is 10.7. The van der Waals surface area contributed by atoms with Gasteiger partial charge in [-0.05, 0) is 19.1 Å². The fourth-order valence-corrected chi connectivity index (χ4v) is 3.19. The Labute approximate surface area is 154 Å². The van der Waals surface area contributed by atoms with E-state index in [9.17, 15) is 9.59 Å². The zero-order valence-corrected chi connectivity index (χ0v) is 15.5. The molecule has 0 spiro atoms. The highest BCUT2D eigenvalue weighted by Gasteiger charge is 2.10. The third-order valence-electron chi connectivity index (χ3n) is 2.90. The van der Waals surface area contributed by atoms with Gasteiger partial charge in [-0.2, -0.15) is 0 Å². The Hall–Kier alpha value is -2.06. The van der Waals surface area contributed by atoms with E-state index in [1.807, 2.05) is 30.3 Å². The van der Waals surface area contributed by atoms with Crippen molar-refractivity contribution >= 4 is 40.1 Å². The number of anilines is 1. The molecule has 0 atom stereocenters. The first-order valence-electron chi connectivity index (χ1n) is 7.83. The van der Waals surface area contributed by atoms with E-state index in [2.05, 4.69) is 10.3 Å². The number of thioether (sulfide) groups is 1. The maximum atomic E-state index is 11.9. The molecule has 0 aliphatic heterocycles. The van der Waals surface area contributed by atoms with Crippen molar-refractivity contribution in [3.63, 3.8) is 0 Å². The van der Waals surface area contributed by atoms with Crippen molar-refractivity contribution in [1.82, 2.24) is 4.98 Å². The number of nitrogens with one attached hydrogen (secondary N) is 1. The van der Waals surface area contributed by atoms with Crippen LogP contribution < -0.4 is 10.1 Å². The van der Waals surface area contributed by atoms with Crippen LogP contribution in [0.1, 0.15) is 12.6 Å². The molecule has 8 heteroatoms. The molecule has 1 heterocycles. The van der Waals surface area contributed by atoms with Crippen LogP contribution in [0.2, 0.25) is 0 Å². The molecule has 25 heavy (non-hydrogen) atoms. The lowest BCUT2D eigenvalue weighted by Crippen LogP contribution is -2.15.